The van der Waals surface area contributed by atoms with E-state index in [-0.39, 0.29) is 6.23 Å². The van der Waals surface area contributed by atoms with Gasteiger partial charge in [-0.1, -0.05) is 60.7 Å². The summed E-state index contributed by atoms with van der Waals surface area (Å²) in [5.74, 6) is 1.06. The molecule has 2 aromatic carbocycles. The van der Waals surface area contributed by atoms with Gasteiger partial charge in [-0.25, -0.2) is 0 Å². The Labute approximate surface area is 186 Å². The van der Waals surface area contributed by atoms with Crippen LogP contribution in [-0.4, -0.2) is 44.2 Å². The van der Waals surface area contributed by atoms with Crippen LogP contribution in [0.5, 0.6) is 0 Å². The second kappa shape index (κ2) is 9.40. The van der Waals surface area contributed by atoms with E-state index in [4.69, 9.17) is 4.74 Å². The fourth-order valence-corrected chi connectivity index (χ4v) is 4.30. The fourth-order valence-electron chi connectivity index (χ4n) is 4.30. The number of ether oxygens (including phenoxy) is 1. The zero-order valence-corrected chi connectivity index (χ0v) is 19.0. The maximum atomic E-state index is 6.70. The predicted molar refractivity (Wildman–Crippen MR) is 130 cm³/mol. The topological polar surface area (TPSA) is 15.7 Å². The fraction of sp³-hybridized carbons (Fsp3) is 0.286. The lowest BCUT2D eigenvalue weighted by Gasteiger charge is -2.36. The summed E-state index contributed by atoms with van der Waals surface area (Å²) in [6, 6.07) is 21.2. The van der Waals surface area contributed by atoms with Crippen LogP contribution in [0, 0.1) is 0 Å². The molecule has 0 saturated heterocycles. The molecule has 0 amide bonds. The van der Waals surface area contributed by atoms with Crippen LogP contribution in [0.4, 0.5) is 0 Å². The van der Waals surface area contributed by atoms with Crippen molar-refractivity contribution in [2.75, 3.05) is 28.2 Å². The molecule has 3 nitrogen and oxygen atoms in total. The van der Waals surface area contributed by atoms with Crippen LogP contribution in [-0.2, 0) is 4.74 Å². The maximum Gasteiger partial charge on any atom is 0.179 e. The van der Waals surface area contributed by atoms with E-state index >= 15 is 0 Å². The van der Waals surface area contributed by atoms with Crippen molar-refractivity contribution in [3.05, 3.63) is 107 Å². The summed E-state index contributed by atoms with van der Waals surface area (Å²) in [6.45, 7) is 0. The zero-order valence-electron chi connectivity index (χ0n) is 19.0. The Kier molecular flexibility index (Phi) is 6.43. The Morgan fingerprint density at radius 2 is 1.58 bits per heavy atom. The van der Waals surface area contributed by atoms with Gasteiger partial charge in [0.2, 0.25) is 0 Å². The third-order valence-electron chi connectivity index (χ3n) is 5.71. The molecule has 1 atom stereocenters. The van der Waals surface area contributed by atoms with E-state index < -0.39 is 0 Å². The predicted octanol–water partition coefficient (Wildman–Crippen LogP) is 5.96. The van der Waals surface area contributed by atoms with Crippen molar-refractivity contribution < 1.29 is 4.74 Å². The molecule has 2 aliphatic rings. The molecule has 2 aromatic rings. The van der Waals surface area contributed by atoms with Gasteiger partial charge in [0.25, 0.3) is 0 Å². The first kappa shape index (κ1) is 21.2. The van der Waals surface area contributed by atoms with Gasteiger partial charge < -0.3 is 9.64 Å². The normalized spacial score (nSPS) is 20.4. The summed E-state index contributed by atoms with van der Waals surface area (Å²) in [5, 5.41) is 0. The van der Waals surface area contributed by atoms with E-state index in [9.17, 15) is 0 Å². The number of rotatable bonds is 5. The van der Waals surface area contributed by atoms with Gasteiger partial charge in [-0.15, -0.1) is 0 Å². The first-order chi connectivity index (χ1) is 15.0. The molecule has 0 fully saturated rings. The number of benzene rings is 2. The summed E-state index contributed by atoms with van der Waals surface area (Å²) in [4.78, 5) is 4.26. The summed E-state index contributed by atoms with van der Waals surface area (Å²) in [7, 11) is 8.31. The summed E-state index contributed by atoms with van der Waals surface area (Å²) in [5.41, 5.74) is 7.48. The van der Waals surface area contributed by atoms with E-state index in [0.717, 1.165) is 25.0 Å². The van der Waals surface area contributed by atoms with E-state index in [2.05, 4.69) is 117 Å². The Morgan fingerprint density at radius 1 is 0.903 bits per heavy atom. The molecule has 1 aliphatic heterocycles. The lowest BCUT2D eigenvalue weighted by Crippen LogP contribution is -2.34. The molecule has 3 heteroatoms. The van der Waals surface area contributed by atoms with E-state index in [1.54, 1.807) is 0 Å². The van der Waals surface area contributed by atoms with Crippen LogP contribution in [0.15, 0.2) is 95.9 Å². The molecule has 1 heterocycles. The van der Waals surface area contributed by atoms with Crippen LogP contribution in [0.25, 0.3) is 11.1 Å². The smallest absolute Gasteiger partial charge is 0.179 e. The molecule has 4 rings (SSSR count). The molecule has 0 radical (unpaired) electrons. The van der Waals surface area contributed by atoms with Crippen LogP contribution in [0.1, 0.15) is 30.4 Å². The van der Waals surface area contributed by atoms with Crippen LogP contribution in [0.2, 0.25) is 0 Å². The standard InChI is InChI=1S/C28H32N2O/c1-29(2)20-25(21-12-7-5-8-13-21)18-23-16-11-17-24-19-26(22-14-9-6-10-15-22)28(30(3)4)31-27(23)24/h5-10,12-15,18-20,28H,11,16-17H2,1-4H3/b23-18-,25-20-. The second-order valence-electron chi connectivity index (χ2n) is 8.69. The Morgan fingerprint density at radius 3 is 2.23 bits per heavy atom. The quantitative estimate of drug-likeness (QED) is 0.603. The molecule has 1 unspecified atom stereocenters. The number of likely N-dealkylation sites (N-methyl/N-ethyl adjacent to an activating group) is 1. The highest BCUT2D eigenvalue weighted by Crippen LogP contribution is 2.41. The molecule has 0 bridgehead atoms. The minimum absolute atomic E-state index is 0.0966. The highest BCUT2D eigenvalue weighted by molar-refractivity contribution is 5.77. The largest absolute Gasteiger partial charge is 0.470 e. The Hall–Kier alpha value is -3.04. The zero-order chi connectivity index (χ0) is 21.8. The molecule has 31 heavy (non-hydrogen) atoms. The molecular weight excluding hydrogens is 380 g/mol. The van der Waals surface area contributed by atoms with Crippen LogP contribution in [0.3, 0.4) is 0 Å². The Balaban J connectivity index is 1.78. The first-order valence-electron chi connectivity index (χ1n) is 11.0. The molecule has 0 spiro atoms. The van der Waals surface area contributed by atoms with Gasteiger partial charge in [-0.3, -0.25) is 4.90 Å². The molecule has 0 N–H and O–H groups in total. The van der Waals surface area contributed by atoms with E-state index in [0.29, 0.717) is 0 Å². The van der Waals surface area contributed by atoms with Gasteiger partial charge in [-0.2, -0.15) is 0 Å². The Bertz CT molecular complexity index is 1030. The molecule has 160 valence electrons. The van der Waals surface area contributed by atoms with Gasteiger partial charge in [0, 0.05) is 25.9 Å². The number of hydrogen-bond donors (Lipinski definition) is 0. The number of nitrogens with zero attached hydrogens (tertiary/aromatic N) is 2. The van der Waals surface area contributed by atoms with Crippen molar-refractivity contribution in [2.45, 2.75) is 25.5 Å². The molecule has 0 saturated carbocycles. The third-order valence-corrected chi connectivity index (χ3v) is 5.71. The summed E-state index contributed by atoms with van der Waals surface area (Å²) >= 11 is 0. The van der Waals surface area contributed by atoms with Gasteiger partial charge in [0.1, 0.15) is 5.76 Å². The lowest BCUT2D eigenvalue weighted by atomic mass is 9.87. The molecule has 0 aromatic heterocycles. The third kappa shape index (κ3) is 4.83. The SMILES string of the molecule is CN(C)/C=C(/C=C1/CCCC2=C1OC(N(C)C)C(c1ccccc1)=C2)c1ccccc1. The monoisotopic (exact) mass is 412 g/mol. The summed E-state index contributed by atoms with van der Waals surface area (Å²) < 4.78 is 6.70. The average molecular weight is 413 g/mol. The minimum atomic E-state index is -0.0966. The van der Waals surface area contributed by atoms with Gasteiger partial charge in [-0.05, 0) is 73.4 Å². The second-order valence-corrected chi connectivity index (χ2v) is 8.69. The summed E-state index contributed by atoms with van der Waals surface area (Å²) in [6.07, 6.45) is 10.0. The van der Waals surface area contributed by atoms with Gasteiger partial charge in [0.05, 0.1) is 0 Å². The first-order valence-corrected chi connectivity index (χ1v) is 11.0. The van der Waals surface area contributed by atoms with E-state index in [1.165, 1.54) is 33.4 Å². The average Bonchev–Trinajstić information content (AvgIpc) is 2.79. The van der Waals surface area contributed by atoms with Crippen molar-refractivity contribution >= 4 is 11.1 Å². The van der Waals surface area contributed by atoms with Crippen LogP contribution >= 0.6 is 0 Å². The highest BCUT2D eigenvalue weighted by atomic mass is 16.5. The number of hydrogen-bond acceptors (Lipinski definition) is 3. The minimum Gasteiger partial charge on any atom is -0.470 e. The van der Waals surface area contributed by atoms with Gasteiger partial charge in [0.15, 0.2) is 6.23 Å². The van der Waals surface area contributed by atoms with E-state index in [1.807, 2.05) is 0 Å². The number of allylic oxidation sites excluding steroid dienone is 5. The molecule has 1 aliphatic carbocycles. The lowest BCUT2D eigenvalue weighted by molar-refractivity contribution is 0.0503. The molecular formula is C28H32N2O. The van der Waals surface area contributed by atoms with Crippen molar-refractivity contribution in [3.63, 3.8) is 0 Å². The van der Waals surface area contributed by atoms with Crippen molar-refractivity contribution in [2.24, 2.45) is 0 Å². The highest BCUT2D eigenvalue weighted by Gasteiger charge is 2.30. The van der Waals surface area contributed by atoms with Crippen molar-refractivity contribution in [1.29, 1.82) is 0 Å². The van der Waals surface area contributed by atoms with Crippen molar-refractivity contribution in [3.8, 4) is 0 Å². The van der Waals surface area contributed by atoms with Crippen molar-refractivity contribution in [1.82, 2.24) is 9.80 Å². The van der Waals surface area contributed by atoms with Gasteiger partial charge >= 0.3 is 0 Å². The maximum absolute atomic E-state index is 6.70. The van der Waals surface area contributed by atoms with Crippen LogP contribution < -0.4 is 0 Å².